The van der Waals surface area contributed by atoms with Gasteiger partial charge in [0.15, 0.2) is 0 Å². The van der Waals surface area contributed by atoms with Gasteiger partial charge >= 0.3 is 6.03 Å². The summed E-state index contributed by atoms with van der Waals surface area (Å²) in [5, 5.41) is 6.14. The number of ether oxygens (including phenoxy) is 1. The summed E-state index contributed by atoms with van der Waals surface area (Å²) in [6, 6.07) is 7.13. The quantitative estimate of drug-likeness (QED) is 0.352. The van der Waals surface area contributed by atoms with E-state index < -0.39 is 0 Å². The fourth-order valence-corrected chi connectivity index (χ4v) is 4.78. The minimum Gasteiger partial charge on any atom is -0.383 e. The zero-order valence-electron chi connectivity index (χ0n) is 22.8. The standard InChI is InChI=1S/C27H34N10O3/c1-35-9-11-36(12-10-35)24(38)19-5-3-4-18(14-19)15-32-27(39)37-8-6-21-22(20-16-30-25(28)31-17-20)33-26(34-23(21)37)29-7-13-40-2/h3-5,14,16-17H,6-13,15H2,1-2H3,(H,32,39)(H2,28,30,31)(H,29,33,34). The molecule has 0 spiro atoms. The van der Waals surface area contributed by atoms with Gasteiger partial charge in [-0.2, -0.15) is 4.98 Å². The normalized spacial score (nSPS) is 15.2. The number of hydrogen-bond donors (Lipinski definition) is 3. The van der Waals surface area contributed by atoms with Gasteiger partial charge in [0.1, 0.15) is 5.82 Å². The second-order valence-electron chi connectivity index (χ2n) is 9.80. The Morgan fingerprint density at radius 3 is 2.60 bits per heavy atom. The molecule has 2 aliphatic heterocycles. The predicted octanol–water partition coefficient (Wildman–Crippen LogP) is 1.23. The number of nitrogens with one attached hydrogen (secondary N) is 2. The lowest BCUT2D eigenvalue weighted by molar-refractivity contribution is 0.0664. The SMILES string of the molecule is COCCNc1nc(-c2cnc(N)nc2)c2c(n1)N(C(=O)NCc1cccc(C(=O)N3CCN(C)CC3)c1)CC2. The second-order valence-corrected chi connectivity index (χ2v) is 9.80. The first-order valence-electron chi connectivity index (χ1n) is 13.3. The zero-order chi connectivity index (χ0) is 28.1. The van der Waals surface area contributed by atoms with E-state index in [0.29, 0.717) is 67.8 Å². The van der Waals surface area contributed by atoms with Crippen LogP contribution < -0.4 is 21.3 Å². The van der Waals surface area contributed by atoms with Crippen LogP contribution in [0.5, 0.6) is 0 Å². The maximum Gasteiger partial charge on any atom is 0.323 e. The first-order chi connectivity index (χ1) is 19.4. The van der Waals surface area contributed by atoms with E-state index in [1.807, 2.05) is 29.2 Å². The number of hydrogen-bond acceptors (Lipinski definition) is 10. The lowest BCUT2D eigenvalue weighted by atomic mass is 10.1. The molecule has 2 aromatic heterocycles. The van der Waals surface area contributed by atoms with E-state index in [0.717, 1.165) is 24.2 Å². The molecule has 4 N–H and O–H groups in total. The molecular weight excluding hydrogens is 512 g/mol. The summed E-state index contributed by atoms with van der Waals surface area (Å²) in [6.07, 6.45) is 3.81. The van der Waals surface area contributed by atoms with Crippen LogP contribution in [0.25, 0.3) is 11.3 Å². The molecule has 2 aliphatic rings. The Balaban J connectivity index is 1.31. The highest BCUT2D eigenvalue weighted by atomic mass is 16.5. The summed E-state index contributed by atoms with van der Waals surface area (Å²) in [4.78, 5) is 49.6. The van der Waals surface area contributed by atoms with Crippen LogP contribution in [-0.4, -0.2) is 102 Å². The molecule has 0 saturated carbocycles. The Bertz CT molecular complexity index is 1360. The van der Waals surface area contributed by atoms with Gasteiger partial charge in [-0.3, -0.25) is 9.69 Å². The Morgan fingerprint density at radius 2 is 1.85 bits per heavy atom. The van der Waals surface area contributed by atoms with Gasteiger partial charge in [-0.15, -0.1) is 0 Å². The number of carbonyl (C=O) groups is 2. The Labute approximate surface area is 232 Å². The number of benzene rings is 1. The molecule has 5 rings (SSSR count). The largest absolute Gasteiger partial charge is 0.383 e. The minimum atomic E-state index is -0.282. The smallest absolute Gasteiger partial charge is 0.323 e. The van der Waals surface area contributed by atoms with E-state index in [1.165, 1.54) is 0 Å². The number of anilines is 3. The van der Waals surface area contributed by atoms with E-state index in [9.17, 15) is 9.59 Å². The van der Waals surface area contributed by atoms with Crippen molar-refractivity contribution in [2.75, 3.05) is 76.0 Å². The first-order valence-corrected chi connectivity index (χ1v) is 13.3. The van der Waals surface area contributed by atoms with Crippen molar-refractivity contribution < 1.29 is 14.3 Å². The van der Waals surface area contributed by atoms with Crippen molar-refractivity contribution in [3.8, 4) is 11.3 Å². The molecule has 0 unspecified atom stereocenters. The van der Waals surface area contributed by atoms with Crippen LogP contribution >= 0.6 is 0 Å². The minimum absolute atomic E-state index is 0.0131. The van der Waals surface area contributed by atoms with Crippen LogP contribution in [-0.2, 0) is 17.7 Å². The summed E-state index contributed by atoms with van der Waals surface area (Å²) in [5.74, 6) is 1.08. The highest BCUT2D eigenvalue weighted by Gasteiger charge is 2.30. The number of rotatable bonds is 8. The van der Waals surface area contributed by atoms with E-state index in [1.54, 1.807) is 24.4 Å². The number of likely N-dealkylation sites (N-methyl/N-ethyl adjacent to an activating group) is 1. The number of nitrogens with zero attached hydrogens (tertiary/aromatic N) is 7. The average molecular weight is 547 g/mol. The monoisotopic (exact) mass is 546 g/mol. The van der Waals surface area contributed by atoms with E-state index in [4.69, 9.17) is 10.5 Å². The third kappa shape index (κ3) is 6.10. The van der Waals surface area contributed by atoms with Crippen LogP contribution in [0, 0.1) is 0 Å². The van der Waals surface area contributed by atoms with Gasteiger partial charge < -0.3 is 30.9 Å². The van der Waals surface area contributed by atoms with Gasteiger partial charge in [0.05, 0.1) is 12.3 Å². The fraction of sp³-hybridized carbons (Fsp3) is 0.407. The molecule has 0 radical (unpaired) electrons. The average Bonchev–Trinajstić information content (AvgIpc) is 3.40. The summed E-state index contributed by atoms with van der Waals surface area (Å²) < 4.78 is 5.13. The molecule has 1 aromatic carbocycles. The molecule has 3 amide bonds. The van der Waals surface area contributed by atoms with Crippen LogP contribution in [0.4, 0.5) is 22.5 Å². The van der Waals surface area contributed by atoms with Gasteiger partial charge in [-0.05, 0) is 31.2 Å². The number of methoxy groups -OCH3 is 1. The third-order valence-corrected chi connectivity index (χ3v) is 7.01. The molecule has 0 atom stereocenters. The maximum atomic E-state index is 13.3. The lowest BCUT2D eigenvalue weighted by Gasteiger charge is -2.32. The Hall–Kier alpha value is -4.36. The molecule has 1 saturated heterocycles. The van der Waals surface area contributed by atoms with Crippen LogP contribution in [0.2, 0.25) is 0 Å². The fourth-order valence-electron chi connectivity index (χ4n) is 4.78. The van der Waals surface area contributed by atoms with Gasteiger partial charge in [-0.25, -0.2) is 19.7 Å². The predicted molar refractivity (Wildman–Crippen MR) is 151 cm³/mol. The number of nitrogen functional groups attached to an aromatic ring is 1. The summed E-state index contributed by atoms with van der Waals surface area (Å²) >= 11 is 0. The van der Waals surface area contributed by atoms with Crippen LogP contribution in [0.3, 0.4) is 0 Å². The summed E-state index contributed by atoms with van der Waals surface area (Å²) in [6.45, 7) is 4.83. The zero-order valence-corrected chi connectivity index (χ0v) is 22.8. The lowest BCUT2D eigenvalue weighted by Crippen LogP contribution is -2.47. The second kappa shape index (κ2) is 12.2. The molecule has 4 heterocycles. The highest BCUT2D eigenvalue weighted by Crippen LogP contribution is 2.34. The van der Waals surface area contributed by atoms with Crippen LogP contribution in [0.1, 0.15) is 21.5 Å². The number of fused-ring (bicyclic) bond motifs is 1. The first kappa shape index (κ1) is 27.2. The molecule has 1 fully saturated rings. The van der Waals surface area contributed by atoms with E-state index >= 15 is 0 Å². The van der Waals surface area contributed by atoms with Gasteiger partial charge in [0.25, 0.3) is 5.91 Å². The number of piperazine rings is 1. The Morgan fingerprint density at radius 1 is 1.07 bits per heavy atom. The van der Waals surface area contributed by atoms with Crippen molar-refractivity contribution >= 4 is 29.7 Å². The number of nitrogens with two attached hydrogens (primary N) is 1. The molecule has 13 nitrogen and oxygen atoms in total. The number of urea groups is 1. The molecule has 210 valence electrons. The Kier molecular flexibility index (Phi) is 8.31. The van der Waals surface area contributed by atoms with Gasteiger partial charge in [0.2, 0.25) is 11.9 Å². The van der Waals surface area contributed by atoms with E-state index in [-0.39, 0.29) is 24.4 Å². The molecule has 13 heteroatoms. The van der Waals surface area contributed by atoms with Crippen molar-refractivity contribution in [3.05, 3.63) is 53.3 Å². The van der Waals surface area contributed by atoms with Crippen molar-refractivity contribution in [1.29, 1.82) is 0 Å². The topological polar surface area (TPSA) is 155 Å². The molecule has 3 aromatic rings. The van der Waals surface area contributed by atoms with Crippen LogP contribution in [0.15, 0.2) is 36.7 Å². The number of carbonyl (C=O) groups excluding carboxylic acids is 2. The highest BCUT2D eigenvalue weighted by molar-refractivity contribution is 5.95. The summed E-state index contributed by atoms with van der Waals surface area (Å²) in [7, 11) is 3.67. The van der Waals surface area contributed by atoms with Crippen molar-refractivity contribution in [1.82, 2.24) is 35.1 Å². The molecule has 0 bridgehead atoms. The molecule has 40 heavy (non-hydrogen) atoms. The maximum absolute atomic E-state index is 13.3. The van der Waals surface area contributed by atoms with Gasteiger partial charge in [-0.1, -0.05) is 12.1 Å². The number of amides is 3. The number of aromatic nitrogens is 4. The van der Waals surface area contributed by atoms with E-state index in [2.05, 4.69) is 42.5 Å². The third-order valence-electron chi connectivity index (χ3n) is 7.01. The molecular formula is C27H34N10O3. The van der Waals surface area contributed by atoms with Crippen molar-refractivity contribution in [2.24, 2.45) is 0 Å². The van der Waals surface area contributed by atoms with Gasteiger partial charge in [0, 0.05) is 82.0 Å². The summed E-state index contributed by atoms with van der Waals surface area (Å²) in [5.41, 5.74) is 9.31. The molecule has 0 aliphatic carbocycles. The van der Waals surface area contributed by atoms with Crippen molar-refractivity contribution in [3.63, 3.8) is 0 Å². The van der Waals surface area contributed by atoms with Crippen molar-refractivity contribution in [2.45, 2.75) is 13.0 Å².